The van der Waals surface area contributed by atoms with Crippen molar-refractivity contribution in [1.82, 2.24) is 4.90 Å². The summed E-state index contributed by atoms with van der Waals surface area (Å²) in [6.45, 7) is 2.89. The van der Waals surface area contributed by atoms with Gasteiger partial charge in [0, 0.05) is 25.1 Å². The molecule has 1 aliphatic rings. The summed E-state index contributed by atoms with van der Waals surface area (Å²) < 4.78 is 22.0. The van der Waals surface area contributed by atoms with Crippen LogP contribution in [0.3, 0.4) is 0 Å². The molecule has 0 bridgehead atoms. The van der Waals surface area contributed by atoms with Crippen molar-refractivity contribution in [2.45, 2.75) is 25.4 Å². The maximum atomic E-state index is 12.3. The predicted octanol–water partition coefficient (Wildman–Crippen LogP) is 3.39. The molecular weight excluding hydrogens is 425 g/mol. The summed E-state index contributed by atoms with van der Waals surface area (Å²) in [5.41, 5.74) is 2.19. The van der Waals surface area contributed by atoms with E-state index in [0.717, 1.165) is 44.5 Å². The molecule has 2 atom stereocenters. The highest BCUT2D eigenvalue weighted by atomic mass is 31.0. The number of rotatable bonds is 10. The van der Waals surface area contributed by atoms with E-state index in [0.29, 0.717) is 11.5 Å². The van der Waals surface area contributed by atoms with E-state index in [2.05, 4.69) is 38.4 Å². The second kappa shape index (κ2) is 12.2. The third-order valence-electron chi connectivity index (χ3n) is 6.02. The normalized spacial score (nSPS) is 15.9. The summed E-state index contributed by atoms with van der Waals surface area (Å²) in [4.78, 5) is 14.8. The number of carbonyl (C=O) groups is 1. The Bertz CT molecular complexity index is 865. The van der Waals surface area contributed by atoms with Gasteiger partial charge in [-0.1, -0.05) is 36.4 Å². The molecule has 0 N–H and O–H groups in total. The van der Waals surface area contributed by atoms with Crippen LogP contribution in [0.1, 0.15) is 30.1 Å². The molecule has 32 heavy (non-hydrogen) atoms. The van der Waals surface area contributed by atoms with Gasteiger partial charge in [0.2, 0.25) is 0 Å². The third-order valence-corrected chi connectivity index (χ3v) is 6.40. The number of piperidine rings is 1. The van der Waals surface area contributed by atoms with Gasteiger partial charge in [-0.25, -0.2) is 4.79 Å². The molecule has 2 unspecified atom stereocenters. The molecular formula is C25H34NO5P. The minimum absolute atomic E-state index is 0.0727. The van der Waals surface area contributed by atoms with Crippen LogP contribution in [0.15, 0.2) is 42.5 Å². The highest BCUT2D eigenvalue weighted by molar-refractivity contribution is 7.27. The van der Waals surface area contributed by atoms with Crippen LogP contribution in [-0.4, -0.2) is 58.4 Å². The van der Waals surface area contributed by atoms with E-state index >= 15 is 0 Å². The Hall–Kier alpha value is -2.14. The maximum absolute atomic E-state index is 12.3. The Morgan fingerprint density at radius 3 is 2.41 bits per heavy atom. The molecule has 0 saturated carbocycles. The fourth-order valence-electron chi connectivity index (χ4n) is 4.29. The summed E-state index contributed by atoms with van der Waals surface area (Å²) in [7, 11) is 7.44. The molecule has 0 aliphatic carbocycles. The number of nitrogens with zero attached hydrogens (tertiary/aromatic N) is 1. The Balaban J connectivity index is 1.68. The lowest BCUT2D eigenvalue weighted by Crippen LogP contribution is -2.38. The number of esters is 1. The highest BCUT2D eigenvalue weighted by Gasteiger charge is 2.33. The van der Waals surface area contributed by atoms with E-state index in [1.54, 1.807) is 14.2 Å². The van der Waals surface area contributed by atoms with Crippen molar-refractivity contribution in [2.24, 2.45) is 5.92 Å². The highest BCUT2D eigenvalue weighted by Crippen LogP contribution is 2.42. The Labute approximate surface area is 193 Å². The summed E-state index contributed by atoms with van der Waals surface area (Å²) in [6.07, 6.45) is 2.51. The first-order valence-corrected chi connectivity index (χ1v) is 11.6. The van der Waals surface area contributed by atoms with Gasteiger partial charge in [0.05, 0.1) is 14.2 Å². The molecule has 0 amide bonds. The fourth-order valence-corrected chi connectivity index (χ4v) is 4.49. The zero-order valence-corrected chi connectivity index (χ0v) is 20.4. The number of likely N-dealkylation sites (tertiary alicyclic amines) is 1. The lowest BCUT2D eigenvalue weighted by molar-refractivity contribution is -0.158. The van der Waals surface area contributed by atoms with E-state index < -0.39 is 6.10 Å². The van der Waals surface area contributed by atoms with Crippen LogP contribution in [0.4, 0.5) is 0 Å². The van der Waals surface area contributed by atoms with Crippen molar-refractivity contribution in [3.05, 3.63) is 53.6 Å². The monoisotopic (exact) mass is 459 g/mol. The number of hydrogen-bond donors (Lipinski definition) is 0. The van der Waals surface area contributed by atoms with Crippen molar-refractivity contribution in [3.8, 4) is 11.5 Å². The lowest BCUT2D eigenvalue weighted by Gasteiger charge is -2.36. The van der Waals surface area contributed by atoms with Crippen LogP contribution in [-0.2, 0) is 20.7 Å². The standard InChI is InChI=1S/C25H34NO5P/c1-28-17-23(27)31-24(21-5-4-6-22(29-2)25(21)30-3)19-12-15-26(16-13-19)14-11-18-7-9-20(32)10-8-18/h4-10,19,24H,11-17,32H2,1-3H3. The van der Waals surface area contributed by atoms with Crippen LogP contribution in [0.5, 0.6) is 11.5 Å². The lowest BCUT2D eigenvalue weighted by atomic mass is 9.86. The number of benzene rings is 2. The van der Waals surface area contributed by atoms with E-state index in [-0.39, 0.29) is 18.5 Å². The molecule has 0 aromatic heterocycles. The molecule has 6 nitrogen and oxygen atoms in total. The van der Waals surface area contributed by atoms with Crippen molar-refractivity contribution in [2.75, 3.05) is 47.6 Å². The first-order chi connectivity index (χ1) is 15.5. The first kappa shape index (κ1) is 24.5. The van der Waals surface area contributed by atoms with Gasteiger partial charge in [0.1, 0.15) is 12.7 Å². The molecule has 0 spiro atoms. The Kier molecular flexibility index (Phi) is 9.34. The minimum Gasteiger partial charge on any atom is -0.493 e. The van der Waals surface area contributed by atoms with Crippen molar-refractivity contribution < 1.29 is 23.7 Å². The SMILES string of the molecule is COCC(=O)OC(c1cccc(OC)c1OC)C1CCN(CCc2ccc(P)cc2)CC1. The minimum atomic E-state index is -0.403. The predicted molar refractivity (Wildman–Crippen MR) is 129 cm³/mol. The molecule has 1 heterocycles. The number of hydrogen-bond acceptors (Lipinski definition) is 6. The Morgan fingerprint density at radius 2 is 1.78 bits per heavy atom. The van der Waals surface area contributed by atoms with E-state index in [4.69, 9.17) is 18.9 Å². The second-order valence-corrected chi connectivity index (χ2v) is 8.76. The summed E-state index contributed by atoms with van der Waals surface area (Å²) >= 11 is 0. The molecule has 174 valence electrons. The largest absolute Gasteiger partial charge is 0.493 e. The maximum Gasteiger partial charge on any atom is 0.332 e. The van der Waals surface area contributed by atoms with Crippen LogP contribution >= 0.6 is 9.24 Å². The number of ether oxygens (including phenoxy) is 4. The second-order valence-electron chi connectivity index (χ2n) is 8.10. The van der Waals surface area contributed by atoms with Crippen LogP contribution in [0.2, 0.25) is 0 Å². The van der Waals surface area contributed by atoms with Crippen LogP contribution in [0.25, 0.3) is 0 Å². The number of carbonyl (C=O) groups excluding carboxylic acids is 1. The average molecular weight is 460 g/mol. The molecule has 2 aromatic carbocycles. The van der Waals surface area contributed by atoms with Gasteiger partial charge in [-0.3, -0.25) is 0 Å². The molecule has 3 rings (SSSR count). The summed E-state index contributed by atoms with van der Waals surface area (Å²) in [5.74, 6) is 1.07. The zero-order chi connectivity index (χ0) is 22.9. The topological polar surface area (TPSA) is 57.2 Å². The Morgan fingerprint density at radius 1 is 1.06 bits per heavy atom. The van der Waals surface area contributed by atoms with Gasteiger partial charge in [-0.15, -0.1) is 9.24 Å². The molecule has 1 aliphatic heterocycles. The van der Waals surface area contributed by atoms with Crippen molar-refractivity contribution in [1.29, 1.82) is 0 Å². The van der Waals surface area contributed by atoms with Gasteiger partial charge in [-0.2, -0.15) is 0 Å². The van der Waals surface area contributed by atoms with Gasteiger partial charge >= 0.3 is 5.97 Å². The van der Waals surface area contributed by atoms with Gasteiger partial charge in [0.15, 0.2) is 11.5 Å². The zero-order valence-electron chi connectivity index (χ0n) is 19.2. The van der Waals surface area contributed by atoms with Gasteiger partial charge < -0.3 is 23.8 Å². The first-order valence-electron chi connectivity index (χ1n) is 11.0. The van der Waals surface area contributed by atoms with E-state index in [9.17, 15) is 4.79 Å². The van der Waals surface area contributed by atoms with Crippen molar-refractivity contribution >= 4 is 20.5 Å². The average Bonchev–Trinajstić information content (AvgIpc) is 2.82. The van der Waals surface area contributed by atoms with Gasteiger partial charge in [-0.05, 0) is 49.3 Å². The molecule has 2 aromatic rings. The van der Waals surface area contributed by atoms with Crippen LogP contribution in [0, 0.1) is 5.92 Å². The number of methoxy groups -OCH3 is 3. The molecule has 0 radical (unpaired) electrons. The number of para-hydroxylation sites is 1. The fraction of sp³-hybridized carbons (Fsp3) is 0.480. The molecule has 1 fully saturated rings. The summed E-state index contributed by atoms with van der Waals surface area (Å²) in [5, 5.41) is 1.21. The molecule has 7 heteroatoms. The van der Waals surface area contributed by atoms with Crippen molar-refractivity contribution in [3.63, 3.8) is 0 Å². The smallest absolute Gasteiger partial charge is 0.332 e. The van der Waals surface area contributed by atoms with E-state index in [1.165, 1.54) is 18.0 Å². The molecule has 1 saturated heterocycles. The van der Waals surface area contributed by atoms with E-state index in [1.807, 2.05) is 18.2 Å². The third kappa shape index (κ3) is 6.44. The quantitative estimate of drug-likeness (QED) is 0.401. The summed E-state index contributed by atoms with van der Waals surface area (Å²) in [6, 6.07) is 14.4. The van der Waals surface area contributed by atoms with Gasteiger partial charge in [0.25, 0.3) is 0 Å². The van der Waals surface area contributed by atoms with Crippen LogP contribution < -0.4 is 14.8 Å².